The summed E-state index contributed by atoms with van der Waals surface area (Å²) in [6.45, 7) is 1.31. The zero-order valence-electron chi connectivity index (χ0n) is 7.73. The molecule has 0 saturated heterocycles. The molecule has 0 aliphatic carbocycles. The van der Waals surface area contributed by atoms with E-state index in [1.807, 2.05) is 0 Å². The normalized spacial score (nSPS) is 8.36. The van der Waals surface area contributed by atoms with Gasteiger partial charge in [-0.3, -0.25) is 9.59 Å². The highest BCUT2D eigenvalue weighted by atomic mass is 16.3. The van der Waals surface area contributed by atoms with Crippen LogP contribution in [0.15, 0.2) is 24.3 Å². The first-order chi connectivity index (χ1) is 6.45. The smallest absolute Gasteiger partial charge is 0.252 e. The Kier molecular flexibility index (Phi) is 4.77. The molecule has 0 heterocycles. The topological polar surface area (TPSA) is 106 Å². The van der Waals surface area contributed by atoms with Crippen molar-refractivity contribution < 1.29 is 14.7 Å². The van der Waals surface area contributed by atoms with Crippen LogP contribution in [0.3, 0.4) is 0 Å². The Balaban J connectivity index is 0.000000364. The molecule has 0 atom stereocenters. The van der Waals surface area contributed by atoms with E-state index >= 15 is 0 Å². The van der Waals surface area contributed by atoms with Crippen LogP contribution in [0.1, 0.15) is 17.3 Å². The number of rotatable bonds is 1. The van der Waals surface area contributed by atoms with Gasteiger partial charge < -0.3 is 16.6 Å². The van der Waals surface area contributed by atoms with Gasteiger partial charge in [0.2, 0.25) is 5.91 Å². The summed E-state index contributed by atoms with van der Waals surface area (Å²) in [7, 11) is 0. The lowest BCUT2D eigenvalue weighted by atomic mass is 10.2. The van der Waals surface area contributed by atoms with Crippen LogP contribution in [0.4, 0.5) is 0 Å². The maximum atomic E-state index is 10.5. The predicted molar refractivity (Wildman–Crippen MR) is 51.5 cm³/mol. The number of para-hydroxylation sites is 1. The maximum Gasteiger partial charge on any atom is 0.252 e. The lowest BCUT2D eigenvalue weighted by Crippen LogP contribution is -2.10. The van der Waals surface area contributed by atoms with Crippen LogP contribution in [-0.4, -0.2) is 16.9 Å². The average Bonchev–Trinajstić information content (AvgIpc) is 2.03. The first kappa shape index (κ1) is 12.0. The molecule has 0 fully saturated rings. The number of amides is 2. The number of carbonyl (C=O) groups excluding carboxylic acids is 2. The van der Waals surface area contributed by atoms with Crippen LogP contribution < -0.4 is 11.5 Å². The van der Waals surface area contributed by atoms with Crippen molar-refractivity contribution in [2.24, 2.45) is 11.5 Å². The zero-order chi connectivity index (χ0) is 11.1. The van der Waals surface area contributed by atoms with Crippen molar-refractivity contribution in [3.8, 4) is 5.75 Å². The fourth-order valence-corrected chi connectivity index (χ4v) is 0.682. The fourth-order valence-electron chi connectivity index (χ4n) is 0.682. The Hall–Kier alpha value is -2.04. The van der Waals surface area contributed by atoms with Crippen molar-refractivity contribution >= 4 is 11.8 Å². The number of carbonyl (C=O) groups is 2. The highest BCUT2D eigenvalue weighted by Crippen LogP contribution is 2.13. The Labute approximate surface area is 81.3 Å². The number of nitrogens with two attached hydrogens (primary N) is 2. The third kappa shape index (κ3) is 4.76. The molecule has 0 saturated carbocycles. The molecule has 0 spiro atoms. The van der Waals surface area contributed by atoms with Gasteiger partial charge in [-0.2, -0.15) is 0 Å². The summed E-state index contributed by atoms with van der Waals surface area (Å²) in [5.74, 6) is -1.02. The third-order valence-corrected chi connectivity index (χ3v) is 1.17. The van der Waals surface area contributed by atoms with E-state index in [0.717, 1.165) is 0 Å². The summed E-state index contributed by atoms with van der Waals surface area (Å²) >= 11 is 0. The maximum absolute atomic E-state index is 10.5. The number of hydrogen-bond donors (Lipinski definition) is 3. The van der Waals surface area contributed by atoms with Crippen LogP contribution in [0.5, 0.6) is 5.75 Å². The van der Waals surface area contributed by atoms with E-state index in [1.54, 1.807) is 12.1 Å². The van der Waals surface area contributed by atoms with Gasteiger partial charge in [0, 0.05) is 6.92 Å². The molecule has 5 nitrogen and oxygen atoms in total. The Bertz CT molecular complexity index is 333. The molecular weight excluding hydrogens is 184 g/mol. The van der Waals surface area contributed by atoms with Crippen LogP contribution >= 0.6 is 0 Å². The minimum Gasteiger partial charge on any atom is -0.507 e. The minimum atomic E-state index is -0.613. The minimum absolute atomic E-state index is 0.0741. The van der Waals surface area contributed by atoms with Crippen molar-refractivity contribution in [1.29, 1.82) is 0 Å². The molecule has 0 bridgehead atoms. The summed E-state index contributed by atoms with van der Waals surface area (Å²) in [6.07, 6.45) is 0. The van der Waals surface area contributed by atoms with Crippen molar-refractivity contribution in [2.45, 2.75) is 6.92 Å². The molecule has 0 radical (unpaired) electrons. The SMILES string of the molecule is CC(N)=O.NC(=O)c1ccccc1O. The number of primary amides is 2. The summed E-state index contributed by atoms with van der Waals surface area (Å²) in [5, 5.41) is 8.98. The molecule has 0 unspecified atom stereocenters. The number of aromatic hydroxyl groups is 1. The van der Waals surface area contributed by atoms with E-state index < -0.39 is 5.91 Å². The Morgan fingerprint density at radius 2 is 1.64 bits per heavy atom. The van der Waals surface area contributed by atoms with Gasteiger partial charge in [-0.05, 0) is 12.1 Å². The lowest BCUT2D eigenvalue weighted by Gasteiger charge is -1.96. The van der Waals surface area contributed by atoms with Gasteiger partial charge in [0.05, 0.1) is 5.56 Å². The standard InChI is InChI=1S/C7H7NO2.C2H5NO/c8-7(10)5-3-1-2-4-6(5)9;1-2(3)4/h1-4,9H,(H2,8,10);1H3,(H2,3,4). The van der Waals surface area contributed by atoms with Gasteiger partial charge in [0.1, 0.15) is 5.75 Å². The summed E-state index contributed by atoms with van der Waals surface area (Å²) in [5.41, 5.74) is 9.54. The first-order valence-corrected chi connectivity index (χ1v) is 3.79. The molecular formula is C9H12N2O3. The molecule has 2 amide bonds. The van der Waals surface area contributed by atoms with Gasteiger partial charge in [-0.25, -0.2) is 0 Å². The molecule has 0 aliphatic heterocycles. The zero-order valence-corrected chi connectivity index (χ0v) is 7.73. The van der Waals surface area contributed by atoms with Crippen molar-refractivity contribution in [3.05, 3.63) is 29.8 Å². The largest absolute Gasteiger partial charge is 0.507 e. The van der Waals surface area contributed by atoms with Gasteiger partial charge in [-0.1, -0.05) is 12.1 Å². The van der Waals surface area contributed by atoms with Crippen molar-refractivity contribution in [3.63, 3.8) is 0 Å². The number of benzene rings is 1. The summed E-state index contributed by atoms with van der Waals surface area (Å²) in [4.78, 5) is 19.7. The monoisotopic (exact) mass is 196 g/mol. The van der Waals surface area contributed by atoms with E-state index in [2.05, 4.69) is 5.73 Å². The fraction of sp³-hybridized carbons (Fsp3) is 0.111. The second kappa shape index (κ2) is 5.58. The summed E-state index contributed by atoms with van der Waals surface area (Å²) in [6, 6.07) is 6.15. The number of phenols is 1. The van der Waals surface area contributed by atoms with Gasteiger partial charge >= 0.3 is 0 Å². The Morgan fingerprint density at radius 3 is 1.93 bits per heavy atom. The van der Waals surface area contributed by atoms with E-state index in [-0.39, 0.29) is 17.2 Å². The third-order valence-electron chi connectivity index (χ3n) is 1.17. The van der Waals surface area contributed by atoms with Crippen molar-refractivity contribution in [2.75, 3.05) is 0 Å². The summed E-state index contributed by atoms with van der Waals surface area (Å²) < 4.78 is 0. The number of hydrogen-bond acceptors (Lipinski definition) is 3. The van der Waals surface area contributed by atoms with Crippen molar-refractivity contribution in [1.82, 2.24) is 0 Å². The predicted octanol–water partition coefficient (Wildman–Crippen LogP) is -0.0173. The Morgan fingerprint density at radius 1 is 1.21 bits per heavy atom. The van der Waals surface area contributed by atoms with E-state index in [4.69, 9.17) is 10.8 Å². The highest BCUT2D eigenvalue weighted by molar-refractivity contribution is 5.95. The molecule has 1 rings (SSSR count). The van der Waals surface area contributed by atoms with Crippen LogP contribution in [0.25, 0.3) is 0 Å². The molecule has 1 aromatic carbocycles. The molecule has 0 aliphatic rings. The van der Waals surface area contributed by atoms with Gasteiger partial charge in [-0.15, -0.1) is 0 Å². The van der Waals surface area contributed by atoms with Gasteiger partial charge in [0.25, 0.3) is 5.91 Å². The van der Waals surface area contributed by atoms with Crippen LogP contribution in [0.2, 0.25) is 0 Å². The molecule has 1 aromatic rings. The molecule has 76 valence electrons. The molecule has 0 aromatic heterocycles. The van der Waals surface area contributed by atoms with Crippen LogP contribution in [-0.2, 0) is 4.79 Å². The quantitative estimate of drug-likeness (QED) is 0.587. The van der Waals surface area contributed by atoms with E-state index in [9.17, 15) is 9.59 Å². The van der Waals surface area contributed by atoms with Crippen LogP contribution in [0, 0.1) is 0 Å². The molecule has 5 N–H and O–H groups in total. The molecule has 5 heteroatoms. The van der Waals surface area contributed by atoms with E-state index in [1.165, 1.54) is 19.1 Å². The first-order valence-electron chi connectivity index (χ1n) is 3.79. The average molecular weight is 196 g/mol. The van der Waals surface area contributed by atoms with E-state index in [0.29, 0.717) is 0 Å². The van der Waals surface area contributed by atoms with Gasteiger partial charge in [0.15, 0.2) is 0 Å². The second-order valence-corrected chi connectivity index (χ2v) is 2.49. The second-order valence-electron chi connectivity index (χ2n) is 2.49. The highest BCUT2D eigenvalue weighted by Gasteiger charge is 2.03. The molecule has 14 heavy (non-hydrogen) atoms. The lowest BCUT2D eigenvalue weighted by molar-refractivity contribution is -0.115.